The fourth-order valence-corrected chi connectivity index (χ4v) is 3.58. The van der Waals surface area contributed by atoms with Crippen LogP contribution in [0.15, 0.2) is 24.3 Å². The van der Waals surface area contributed by atoms with Gasteiger partial charge in [-0.3, -0.25) is 4.90 Å². The van der Waals surface area contributed by atoms with Gasteiger partial charge in [0.25, 0.3) is 0 Å². The first-order valence-electron chi connectivity index (χ1n) is 7.43. The Labute approximate surface area is 145 Å². The largest absolute Gasteiger partial charge is 0.384 e. The highest BCUT2D eigenvalue weighted by Gasteiger charge is 2.39. The maximum Gasteiger partial charge on any atom is 0.104 e. The molecule has 3 N–H and O–H groups in total. The highest BCUT2D eigenvalue weighted by molar-refractivity contribution is 5.85. The highest BCUT2D eigenvalue weighted by atomic mass is 35.5. The number of aliphatic hydroxyl groups excluding tert-OH is 1. The van der Waals surface area contributed by atoms with E-state index in [0.29, 0.717) is 17.9 Å². The molecule has 5 heteroatoms. The molecule has 122 valence electrons. The summed E-state index contributed by atoms with van der Waals surface area (Å²) >= 11 is 0. The van der Waals surface area contributed by atoms with Crippen LogP contribution in [0.25, 0.3) is 0 Å². The first-order valence-corrected chi connectivity index (χ1v) is 7.43. The predicted octanol–water partition coefficient (Wildman–Crippen LogP) is 2.04. The smallest absolute Gasteiger partial charge is 0.104 e. The summed E-state index contributed by atoms with van der Waals surface area (Å²) in [4.78, 5) is 2.54. The summed E-state index contributed by atoms with van der Waals surface area (Å²) in [7, 11) is 0. The molecule has 0 spiro atoms. The lowest BCUT2D eigenvalue weighted by Gasteiger charge is -2.36. The fourth-order valence-electron chi connectivity index (χ4n) is 3.58. The van der Waals surface area contributed by atoms with Crippen molar-refractivity contribution in [1.29, 1.82) is 0 Å². The van der Waals surface area contributed by atoms with Crippen molar-refractivity contribution in [2.24, 2.45) is 17.6 Å². The van der Waals surface area contributed by atoms with Gasteiger partial charge in [0.05, 0.1) is 0 Å². The molecule has 3 nitrogen and oxygen atoms in total. The number of piperidine rings is 1. The van der Waals surface area contributed by atoms with E-state index in [1.165, 1.54) is 18.4 Å². The SMILES string of the molecule is Cl.Cl.NC1[C@@H]2CC[C@H]1CN(Cc1ccc(C#CCO)cc1)C2. The van der Waals surface area contributed by atoms with Gasteiger partial charge in [-0.1, -0.05) is 24.0 Å². The second-order valence-electron chi connectivity index (χ2n) is 6.03. The first-order chi connectivity index (χ1) is 9.76. The number of nitrogens with two attached hydrogens (primary N) is 1. The van der Waals surface area contributed by atoms with E-state index >= 15 is 0 Å². The van der Waals surface area contributed by atoms with Crippen molar-refractivity contribution in [1.82, 2.24) is 4.90 Å². The summed E-state index contributed by atoms with van der Waals surface area (Å²) in [6.45, 7) is 3.21. The minimum atomic E-state index is -0.0848. The lowest BCUT2D eigenvalue weighted by molar-refractivity contribution is 0.140. The third kappa shape index (κ3) is 4.38. The molecule has 2 fully saturated rings. The molecule has 3 rings (SSSR count). The standard InChI is InChI=1S/C17H22N2O.2ClH/c18-17-15-7-8-16(17)12-19(11-15)10-14-5-3-13(4-6-14)2-1-9-20;;/h3-6,15-17,20H,7-12,18H2;2*1H/t15-,16+,17?;;. The van der Waals surface area contributed by atoms with E-state index < -0.39 is 0 Å². The van der Waals surface area contributed by atoms with Crippen LogP contribution in [-0.4, -0.2) is 35.7 Å². The molecule has 1 aromatic rings. The van der Waals surface area contributed by atoms with Crippen LogP contribution in [-0.2, 0) is 6.54 Å². The van der Waals surface area contributed by atoms with Crippen LogP contribution in [0.5, 0.6) is 0 Å². The summed E-state index contributed by atoms with van der Waals surface area (Å²) < 4.78 is 0. The molecule has 1 saturated heterocycles. The van der Waals surface area contributed by atoms with Gasteiger partial charge in [-0.15, -0.1) is 24.8 Å². The molecule has 0 amide bonds. The van der Waals surface area contributed by atoms with Crippen LogP contribution in [0.3, 0.4) is 0 Å². The number of aliphatic hydroxyl groups is 1. The maximum absolute atomic E-state index is 8.68. The number of likely N-dealkylation sites (tertiary alicyclic amines) is 1. The molecular formula is C17H24Cl2N2O. The van der Waals surface area contributed by atoms with E-state index in [1.54, 1.807) is 0 Å². The Morgan fingerprint density at radius 3 is 2.23 bits per heavy atom. The molecule has 1 heterocycles. The van der Waals surface area contributed by atoms with E-state index in [2.05, 4.69) is 28.9 Å². The Bertz CT molecular complexity index is 510. The molecule has 2 bridgehead atoms. The maximum atomic E-state index is 8.68. The fraction of sp³-hybridized carbons (Fsp3) is 0.529. The minimum Gasteiger partial charge on any atom is -0.384 e. The topological polar surface area (TPSA) is 49.5 Å². The van der Waals surface area contributed by atoms with Gasteiger partial charge < -0.3 is 10.8 Å². The Morgan fingerprint density at radius 1 is 1.09 bits per heavy atom. The quantitative estimate of drug-likeness (QED) is 0.808. The van der Waals surface area contributed by atoms with Crippen molar-refractivity contribution in [3.8, 4) is 11.8 Å². The van der Waals surface area contributed by atoms with Gasteiger partial charge in [0, 0.05) is 31.2 Å². The van der Waals surface area contributed by atoms with Crippen LogP contribution in [0.4, 0.5) is 0 Å². The van der Waals surface area contributed by atoms with Crippen LogP contribution >= 0.6 is 24.8 Å². The van der Waals surface area contributed by atoms with E-state index in [9.17, 15) is 0 Å². The number of hydrogen-bond donors (Lipinski definition) is 2. The lowest BCUT2D eigenvalue weighted by Crippen LogP contribution is -2.48. The average molecular weight is 343 g/mol. The Kier molecular flexibility index (Phi) is 7.68. The molecular weight excluding hydrogens is 319 g/mol. The predicted molar refractivity (Wildman–Crippen MR) is 94.4 cm³/mol. The van der Waals surface area contributed by atoms with Crippen molar-refractivity contribution in [2.45, 2.75) is 25.4 Å². The number of fused-ring (bicyclic) bond motifs is 2. The Morgan fingerprint density at radius 2 is 1.68 bits per heavy atom. The molecule has 1 aliphatic heterocycles. The van der Waals surface area contributed by atoms with Crippen molar-refractivity contribution in [2.75, 3.05) is 19.7 Å². The Balaban J connectivity index is 0.00000121. The molecule has 22 heavy (non-hydrogen) atoms. The van der Waals surface area contributed by atoms with Gasteiger partial charge in [0.2, 0.25) is 0 Å². The van der Waals surface area contributed by atoms with Crippen LogP contribution in [0, 0.1) is 23.7 Å². The summed E-state index contributed by atoms with van der Waals surface area (Å²) in [6, 6.07) is 8.77. The van der Waals surface area contributed by atoms with Crippen molar-refractivity contribution in [3.05, 3.63) is 35.4 Å². The highest BCUT2D eigenvalue weighted by Crippen LogP contribution is 2.35. The van der Waals surface area contributed by atoms with E-state index in [-0.39, 0.29) is 31.4 Å². The molecule has 1 aromatic carbocycles. The van der Waals surface area contributed by atoms with Crippen molar-refractivity contribution < 1.29 is 5.11 Å². The first kappa shape index (κ1) is 19.3. The minimum absolute atomic E-state index is 0. The van der Waals surface area contributed by atoms with Crippen molar-refractivity contribution in [3.63, 3.8) is 0 Å². The number of nitrogens with zero attached hydrogens (tertiary/aromatic N) is 1. The zero-order valence-electron chi connectivity index (χ0n) is 12.6. The van der Waals surface area contributed by atoms with Crippen LogP contribution in [0.2, 0.25) is 0 Å². The van der Waals surface area contributed by atoms with E-state index in [0.717, 1.165) is 25.2 Å². The molecule has 0 radical (unpaired) electrons. The summed E-state index contributed by atoms with van der Waals surface area (Å²) in [6.07, 6.45) is 2.61. The van der Waals surface area contributed by atoms with Gasteiger partial charge >= 0.3 is 0 Å². The number of rotatable bonds is 2. The van der Waals surface area contributed by atoms with Crippen molar-refractivity contribution >= 4 is 24.8 Å². The number of hydrogen-bond acceptors (Lipinski definition) is 3. The summed E-state index contributed by atoms with van der Waals surface area (Å²) in [5, 5.41) is 8.68. The van der Waals surface area contributed by atoms with E-state index in [1.807, 2.05) is 12.1 Å². The third-order valence-electron chi connectivity index (χ3n) is 4.65. The molecule has 1 saturated carbocycles. The Hall–Kier alpha value is -0.760. The molecule has 3 atom stereocenters. The van der Waals surface area contributed by atoms with Gasteiger partial charge in [0.1, 0.15) is 6.61 Å². The second kappa shape index (κ2) is 8.76. The van der Waals surface area contributed by atoms with Gasteiger partial charge in [0.15, 0.2) is 0 Å². The zero-order chi connectivity index (χ0) is 13.9. The molecule has 1 aliphatic carbocycles. The summed E-state index contributed by atoms with van der Waals surface area (Å²) in [5.74, 6) is 6.99. The number of benzene rings is 1. The molecule has 0 aromatic heterocycles. The zero-order valence-corrected chi connectivity index (χ0v) is 14.2. The summed E-state index contributed by atoms with van der Waals surface area (Å²) in [5.41, 5.74) is 8.53. The van der Waals surface area contributed by atoms with Gasteiger partial charge in [-0.25, -0.2) is 0 Å². The van der Waals surface area contributed by atoms with Crippen LogP contribution < -0.4 is 5.73 Å². The van der Waals surface area contributed by atoms with E-state index in [4.69, 9.17) is 10.8 Å². The monoisotopic (exact) mass is 342 g/mol. The molecule has 2 aliphatic rings. The average Bonchev–Trinajstić information content (AvgIpc) is 2.69. The third-order valence-corrected chi connectivity index (χ3v) is 4.65. The van der Waals surface area contributed by atoms with Gasteiger partial charge in [-0.05, 0) is 42.4 Å². The normalized spacial score (nSPS) is 26.4. The van der Waals surface area contributed by atoms with Gasteiger partial charge in [-0.2, -0.15) is 0 Å². The lowest BCUT2D eigenvalue weighted by atomic mass is 9.93. The van der Waals surface area contributed by atoms with Crippen LogP contribution in [0.1, 0.15) is 24.0 Å². The second-order valence-corrected chi connectivity index (χ2v) is 6.03. The number of halogens is 2. The molecule has 1 unspecified atom stereocenters.